The molecular formula is C26H35N3O2. The Kier molecular flexibility index (Phi) is 7.85. The molecule has 31 heavy (non-hydrogen) atoms. The Labute approximate surface area is 186 Å². The standard InChI is InChI=1S/C26H35N3O2/c1-19(2)21-5-9-23(10-6-21)25(30)27-13-14-28-15-17-29(18-16-28)26(31)24-11-7-22(8-12-24)20(3)4/h5-12,19-20H,13-18H2,1-4H3,(H,27,30). The van der Waals surface area contributed by atoms with E-state index >= 15 is 0 Å². The van der Waals surface area contributed by atoms with Gasteiger partial charge in [0.1, 0.15) is 0 Å². The van der Waals surface area contributed by atoms with Crippen molar-refractivity contribution in [1.29, 1.82) is 0 Å². The first-order valence-electron chi connectivity index (χ1n) is 11.3. The lowest BCUT2D eigenvalue weighted by atomic mass is 10.0. The SMILES string of the molecule is CC(C)c1ccc(C(=O)NCCN2CCN(C(=O)c3ccc(C(C)C)cc3)CC2)cc1. The van der Waals surface area contributed by atoms with Gasteiger partial charge in [0.15, 0.2) is 0 Å². The second kappa shape index (κ2) is 10.6. The number of rotatable bonds is 7. The smallest absolute Gasteiger partial charge is 0.253 e. The van der Waals surface area contributed by atoms with Gasteiger partial charge in [-0.1, -0.05) is 52.0 Å². The molecule has 0 aliphatic carbocycles. The zero-order chi connectivity index (χ0) is 22.4. The van der Waals surface area contributed by atoms with Gasteiger partial charge in [-0.25, -0.2) is 0 Å². The summed E-state index contributed by atoms with van der Waals surface area (Å²) >= 11 is 0. The molecule has 5 heteroatoms. The summed E-state index contributed by atoms with van der Waals surface area (Å²) in [6, 6.07) is 15.8. The van der Waals surface area contributed by atoms with Crippen molar-refractivity contribution in [3.63, 3.8) is 0 Å². The summed E-state index contributed by atoms with van der Waals surface area (Å²) in [6.45, 7) is 13.1. The van der Waals surface area contributed by atoms with Crippen molar-refractivity contribution < 1.29 is 9.59 Å². The molecule has 2 amide bonds. The third-order valence-corrected chi connectivity index (χ3v) is 6.04. The van der Waals surface area contributed by atoms with E-state index in [4.69, 9.17) is 0 Å². The van der Waals surface area contributed by atoms with E-state index in [1.807, 2.05) is 53.4 Å². The highest BCUT2D eigenvalue weighted by Crippen LogP contribution is 2.17. The molecule has 166 valence electrons. The second-order valence-corrected chi connectivity index (χ2v) is 8.94. The van der Waals surface area contributed by atoms with E-state index < -0.39 is 0 Å². The molecule has 1 N–H and O–H groups in total. The molecule has 3 rings (SSSR count). The topological polar surface area (TPSA) is 52.7 Å². The lowest BCUT2D eigenvalue weighted by molar-refractivity contribution is 0.0638. The summed E-state index contributed by atoms with van der Waals surface area (Å²) in [5.74, 6) is 0.997. The average molecular weight is 422 g/mol. The van der Waals surface area contributed by atoms with Crippen LogP contribution in [-0.4, -0.2) is 60.9 Å². The van der Waals surface area contributed by atoms with Crippen LogP contribution in [-0.2, 0) is 0 Å². The maximum absolute atomic E-state index is 12.8. The molecule has 1 heterocycles. The largest absolute Gasteiger partial charge is 0.351 e. The summed E-state index contributed by atoms with van der Waals surface area (Å²) in [5, 5.41) is 3.01. The number of carbonyl (C=O) groups is 2. The fraction of sp³-hybridized carbons (Fsp3) is 0.462. The molecule has 1 aliphatic heterocycles. The highest BCUT2D eigenvalue weighted by atomic mass is 16.2. The number of hydrogen-bond acceptors (Lipinski definition) is 3. The summed E-state index contributed by atoms with van der Waals surface area (Å²) in [6.07, 6.45) is 0. The molecule has 1 aliphatic rings. The molecule has 0 bridgehead atoms. The Morgan fingerprint density at radius 3 is 1.74 bits per heavy atom. The van der Waals surface area contributed by atoms with Gasteiger partial charge >= 0.3 is 0 Å². The Morgan fingerprint density at radius 2 is 1.26 bits per heavy atom. The Morgan fingerprint density at radius 1 is 0.774 bits per heavy atom. The minimum Gasteiger partial charge on any atom is -0.351 e. The van der Waals surface area contributed by atoms with Gasteiger partial charge in [-0.2, -0.15) is 0 Å². The highest BCUT2D eigenvalue weighted by molar-refractivity contribution is 5.94. The predicted octanol–water partition coefficient (Wildman–Crippen LogP) is 4.12. The van der Waals surface area contributed by atoms with Crippen LogP contribution in [0, 0.1) is 0 Å². The van der Waals surface area contributed by atoms with Crippen molar-refractivity contribution in [2.45, 2.75) is 39.5 Å². The predicted molar refractivity (Wildman–Crippen MR) is 126 cm³/mol. The summed E-state index contributed by atoms with van der Waals surface area (Å²) in [5.41, 5.74) is 3.94. The van der Waals surface area contributed by atoms with Gasteiger partial charge < -0.3 is 10.2 Å². The van der Waals surface area contributed by atoms with Crippen LogP contribution in [0.3, 0.4) is 0 Å². The molecule has 0 saturated carbocycles. The first-order chi connectivity index (χ1) is 14.8. The summed E-state index contributed by atoms with van der Waals surface area (Å²) in [4.78, 5) is 29.3. The van der Waals surface area contributed by atoms with Crippen LogP contribution in [0.5, 0.6) is 0 Å². The Bertz CT molecular complexity index is 862. The maximum Gasteiger partial charge on any atom is 0.253 e. The number of benzene rings is 2. The minimum atomic E-state index is -0.0334. The van der Waals surface area contributed by atoms with Crippen LogP contribution in [0.15, 0.2) is 48.5 Å². The van der Waals surface area contributed by atoms with Crippen LogP contribution in [0.4, 0.5) is 0 Å². The van der Waals surface area contributed by atoms with Crippen LogP contribution < -0.4 is 5.32 Å². The van der Waals surface area contributed by atoms with Gasteiger partial charge in [-0.3, -0.25) is 14.5 Å². The second-order valence-electron chi connectivity index (χ2n) is 8.94. The van der Waals surface area contributed by atoms with E-state index in [-0.39, 0.29) is 11.8 Å². The van der Waals surface area contributed by atoms with Crippen LogP contribution in [0.1, 0.15) is 71.4 Å². The molecule has 0 unspecified atom stereocenters. The summed E-state index contributed by atoms with van der Waals surface area (Å²) in [7, 11) is 0. The van der Waals surface area contributed by atoms with Gasteiger partial charge in [-0.05, 0) is 47.2 Å². The molecule has 1 saturated heterocycles. The van der Waals surface area contributed by atoms with E-state index in [0.717, 1.165) is 38.3 Å². The Hall–Kier alpha value is -2.66. The number of nitrogens with zero attached hydrogens (tertiary/aromatic N) is 2. The van der Waals surface area contributed by atoms with Gasteiger partial charge in [-0.15, -0.1) is 0 Å². The minimum absolute atomic E-state index is 0.0334. The molecule has 2 aromatic carbocycles. The van der Waals surface area contributed by atoms with E-state index in [1.54, 1.807) is 0 Å². The zero-order valence-corrected chi connectivity index (χ0v) is 19.2. The maximum atomic E-state index is 12.8. The van der Waals surface area contributed by atoms with Crippen molar-refractivity contribution in [2.24, 2.45) is 0 Å². The van der Waals surface area contributed by atoms with Gasteiger partial charge in [0, 0.05) is 50.4 Å². The van der Waals surface area contributed by atoms with E-state index in [9.17, 15) is 9.59 Å². The highest BCUT2D eigenvalue weighted by Gasteiger charge is 2.22. The Balaban J connectivity index is 1.40. The summed E-state index contributed by atoms with van der Waals surface area (Å²) < 4.78 is 0. The third-order valence-electron chi connectivity index (χ3n) is 6.04. The fourth-order valence-electron chi connectivity index (χ4n) is 3.82. The van der Waals surface area contributed by atoms with Crippen LogP contribution in [0.25, 0.3) is 0 Å². The molecule has 1 fully saturated rings. The first kappa shape index (κ1) is 23.0. The molecule has 0 radical (unpaired) electrons. The van der Waals surface area contributed by atoms with Gasteiger partial charge in [0.25, 0.3) is 11.8 Å². The number of carbonyl (C=O) groups excluding carboxylic acids is 2. The number of hydrogen-bond donors (Lipinski definition) is 1. The molecule has 5 nitrogen and oxygen atoms in total. The molecule has 0 aromatic heterocycles. The van der Waals surface area contributed by atoms with Crippen LogP contribution >= 0.6 is 0 Å². The van der Waals surface area contributed by atoms with Crippen molar-refractivity contribution in [2.75, 3.05) is 39.3 Å². The number of nitrogens with one attached hydrogen (secondary N) is 1. The van der Waals surface area contributed by atoms with Crippen molar-refractivity contribution in [1.82, 2.24) is 15.1 Å². The van der Waals surface area contributed by atoms with Gasteiger partial charge in [0.2, 0.25) is 0 Å². The van der Waals surface area contributed by atoms with Crippen molar-refractivity contribution >= 4 is 11.8 Å². The molecular weight excluding hydrogens is 386 g/mol. The lowest BCUT2D eigenvalue weighted by Crippen LogP contribution is -2.50. The third kappa shape index (κ3) is 6.17. The molecule has 0 atom stereocenters. The average Bonchev–Trinajstić information content (AvgIpc) is 2.79. The fourth-order valence-corrected chi connectivity index (χ4v) is 3.82. The van der Waals surface area contributed by atoms with Gasteiger partial charge in [0.05, 0.1) is 0 Å². The monoisotopic (exact) mass is 421 g/mol. The first-order valence-corrected chi connectivity index (χ1v) is 11.3. The van der Waals surface area contributed by atoms with E-state index in [0.29, 0.717) is 23.9 Å². The zero-order valence-electron chi connectivity index (χ0n) is 19.2. The van der Waals surface area contributed by atoms with E-state index in [2.05, 4.69) is 37.9 Å². The molecule has 0 spiro atoms. The van der Waals surface area contributed by atoms with Crippen molar-refractivity contribution in [3.8, 4) is 0 Å². The number of amides is 2. The van der Waals surface area contributed by atoms with Crippen LogP contribution in [0.2, 0.25) is 0 Å². The normalized spacial score (nSPS) is 14.8. The molecule has 2 aromatic rings. The quantitative estimate of drug-likeness (QED) is 0.732. The number of piperazine rings is 1. The van der Waals surface area contributed by atoms with E-state index in [1.165, 1.54) is 11.1 Å². The van der Waals surface area contributed by atoms with Crippen molar-refractivity contribution in [3.05, 3.63) is 70.8 Å². The lowest BCUT2D eigenvalue weighted by Gasteiger charge is -2.34.